The van der Waals surface area contributed by atoms with Gasteiger partial charge in [0, 0.05) is 25.1 Å². The van der Waals surface area contributed by atoms with E-state index >= 15 is 0 Å². The molecule has 0 bridgehead atoms. The summed E-state index contributed by atoms with van der Waals surface area (Å²) in [4.78, 5) is 14.9. The summed E-state index contributed by atoms with van der Waals surface area (Å²) in [7, 11) is 0. The van der Waals surface area contributed by atoms with E-state index in [1.165, 1.54) is 0 Å². The number of amides is 1. The molecule has 1 N–H and O–H groups in total. The van der Waals surface area contributed by atoms with Gasteiger partial charge in [-0.15, -0.1) is 0 Å². The van der Waals surface area contributed by atoms with E-state index in [1.807, 2.05) is 36.1 Å². The standard InChI is InChI=1S/C19H27NO4/c1-14-4-6-16(7-5-14)24-18(2,3)17(22)20-10-15-8-9-23-13-19(15,11-20)12-21/h4-7,15,21H,8-13H2,1-3H3/t15-,19+/m0/s1. The van der Waals surface area contributed by atoms with E-state index in [0.717, 1.165) is 12.0 Å². The maximum absolute atomic E-state index is 13.0. The van der Waals surface area contributed by atoms with Crippen LogP contribution in [0.4, 0.5) is 0 Å². The molecule has 0 spiro atoms. The molecule has 0 aromatic heterocycles. The van der Waals surface area contributed by atoms with Crippen molar-refractivity contribution in [3.05, 3.63) is 29.8 Å². The Morgan fingerprint density at radius 3 is 2.75 bits per heavy atom. The van der Waals surface area contributed by atoms with Crippen molar-refractivity contribution in [2.24, 2.45) is 11.3 Å². The number of hydrogen-bond donors (Lipinski definition) is 1. The molecule has 5 heteroatoms. The van der Waals surface area contributed by atoms with Gasteiger partial charge in [-0.1, -0.05) is 17.7 Å². The molecule has 3 rings (SSSR count). The van der Waals surface area contributed by atoms with Crippen LogP contribution >= 0.6 is 0 Å². The molecule has 132 valence electrons. The van der Waals surface area contributed by atoms with Gasteiger partial charge in [0.25, 0.3) is 5.91 Å². The number of aliphatic hydroxyl groups is 1. The lowest BCUT2D eigenvalue weighted by Gasteiger charge is -2.36. The van der Waals surface area contributed by atoms with Crippen LogP contribution in [0.3, 0.4) is 0 Å². The van der Waals surface area contributed by atoms with Gasteiger partial charge in [-0.25, -0.2) is 0 Å². The van der Waals surface area contributed by atoms with Crippen molar-refractivity contribution in [1.82, 2.24) is 4.90 Å². The van der Waals surface area contributed by atoms with Crippen molar-refractivity contribution >= 4 is 5.91 Å². The van der Waals surface area contributed by atoms with Gasteiger partial charge in [-0.2, -0.15) is 0 Å². The molecule has 1 amide bonds. The molecule has 24 heavy (non-hydrogen) atoms. The lowest BCUT2D eigenvalue weighted by molar-refractivity contribution is -0.145. The minimum absolute atomic E-state index is 0.0368. The summed E-state index contributed by atoms with van der Waals surface area (Å²) >= 11 is 0. The SMILES string of the molecule is Cc1ccc(OC(C)(C)C(=O)N2C[C@@H]3CCOC[C@]3(CO)C2)cc1. The van der Waals surface area contributed by atoms with Crippen LogP contribution in [0, 0.1) is 18.3 Å². The van der Waals surface area contributed by atoms with Gasteiger partial charge in [0.05, 0.1) is 13.2 Å². The fourth-order valence-electron chi connectivity index (χ4n) is 3.80. The van der Waals surface area contributed by atoms with Gasteiger partial charge >= 0.3 is 0 Å². The van der Waals surface area contributed by atoms with Crippen molar-refractivity contribution < 1.29 is 19.4 Å². The molecule has 1 aromatic carbocycles. The second-order valence-electron chi connectivity index (χ2n) is 7.67. The van der Waals surface area contributed by atoms with Crippen LogP contribution in [0.25, 0.3) is 0 Å². The van der Waals surface area contributed by atoms with Gasteiger partial charge < -0.3 is 19.5 Å². The van der Waals surface area contributed by atoms with E-state index in [1.54, 1.807) is 13.8 Å². The van der Waals surface area contributed by atoms with Gasteiger partial charge in [0.2, 0.25) is 0 Å². The summed E-state index contributed by atoms with van der Waals surface area (Å²) < 4.78 is 11.5. The monoisotopic (exact) mass is 333 g/mol. The van der Waals surface area contributed by atoms with Gasteiger partial charge in [0.15, 0.2) is 5.60 Å². The second kappa shape index (κ2) is 6.37. The van der Waals surface area contributed by atoms with E-state index in [0.29, 0.717) is 38.0 Å². The highest BCUT2D eigenvalue weighted by atomic mass is 16.5. The Morgan fingerprint density at radius 1 is 1.42 bits per heavy atom. The Balaban J connectivity index is 1.72. The zero-order chi connectivity index (χ0) is 17.4. The third-order valence-electron chi connectivity index (χ3n) is 5.32. The summed E-state index contributed by atoms with van der Waals surface area (Å²) in [5.41, 5.74) is -0.103. The molecular formula is C19H27NO4. The normalized spacial score (nSPS) is 27.0. The van der Waals surface area contributed by atoms with Crippen molar-refractivity contribution in [2.45, 2.75) is 32.8 Å². The third kappa shape index (κ3) is 3.15. The molecule has 0 aliphatic carbocycles. The number of ether oxygens (including phenoxy) is 2. The lowest BCUT2D eigenvalue weighted by Crippen LogP contribution is -2.49. The molecule has 0 radical (unpaired) electrons. The van der Waals surface area contributed by atoms with Crippen LogP contribution in [0.1, 0.15) is 25.8 Å². The highest BCUT2D eigenvalue weighted by molar-refractivity contribution is 5.85. The summed E-state index contributed by atoms with van der Waals surface area (Å²) in [5, 5.41) is 9.87. The fourth-order valence-corrected chi connectivity index (χ4v) is 3.80. The molecule has 2 heterocycles. The van der Waals surface area contributed by atoms with Crippen LogP contribution in [0.2, 0.25) is 0 Å². The molecule has 2 atom stereocenters. The Hall–Kier alpha value is -1.59. The maximum atomic E-state index is 13.0. The average molecular weight is 333 g/mol. The van der Waals surface area contributed by atoms with Crippen molar-refractivity contribution in [3.63, 3.8) is 0 Å². The first-order valence-corrected chi connectivity index (χ1v) is 8.60. The van der Waals surface area contributed by atoms with E-state index in [4.69, 9.17) is 9.47 Å². The van der Waals surface area contributed by atoms with Crippen molar-refractivity contribution in [1.29, 1.82) is 0 Å². The number of aliphatic hydroxyl groups excluding tert-OH is 1. The zero-order valence-corrected chi connectivity index (χ0v) is 14.7. The number of hydrogen-bond acceptors (Lipinski definition) is 4. The van der Waals surface area contributed by atoms with E-state index < -0.39 is 5.60 Å². The Bertz CT molecular complexity index is 598. The topological polar surface area (TPSA) is 59.0 Å². The Labute approximate surface area is 143 Å². The number of nitrogens with zero attached hydrogens (tertiary/aromatic N) is 1. The van der Waals surface area contributed by atoms with Crippen LogP contribution in [-0.4, -0.2) is 54.4 Å². The van der Waals surface area contributed by atoms with Crippen LogP contribution in [0.5, 0.6) is 5.75 Å². The first kappa shape index (κ1) is 17.2. The molecule has 2 fully saturated rings. The molecule has 2 aliphatic rings. The van der Waals surface area contributed by atoms with E-state index in [-0.39, 0.29) is 17.9 Å². The predicted octanol–water partition coefficient (Wildman–Crippen LogP) is 2.01. The smallest absolute Gasteiger partial charge is 0.266 e. The van der Waals surface area contributed by atoms with Crippen LogP contribution in [-0.2, 0) is 9.53 Å². The Kier molecular flexibility index (Phi) is 4.58. The summed E-state index contributed by atoms with van der Waals surface area (Å²) in [5.74, 6) is 0.955. The summed E-state index contributed by atoms with van der Waals surface area (Å²) in [6, 6.07) is 7.71. The third-order valence-corrected chi connectivity index (χ3v) is 5.32. The molecule has 2 aliphatic heterocycles. The van der Waals surface area contributed by atoms with Gasteiger partial charge in [-0.3, -0.25) is 4.79 Å². The molecular weight excluding hydrogens is 306 g/mol. The summed E-state index contributed by atoms with van der Waals surface area (Å²) in [6.45, 7) is 8.12. The minimum atomic E-state index is -0.944. The fraction of sp³-hybridized carbons (Fsp3) is 0.632. The predicted molar refractivity (Wildman–Crippen MR) is 90.9 cm³/mol. The molecule has 2 saturated heterocycles. The number of carbonyl (C=O) groups is 1. The van der Waals surface area contributed by atoms with Crippen molar-refractivity contribution in [2.75, 3.05) is 32.9 Å². The number of rotatable bonds is 4. The van der Waals surface area contributed by atoms with Gasteiger partial charge in [0.1, 0.15) is 5.75 Å². The molecule has 0 saturated carbocycles. The number of fused-ring (bicyclic) bond motifs is 1. The molecule has 1 aromatic rings. The number of benzene rings is 1. The molecule has 0 unspecified atom stereocenters. The second-order valence-corrected chi connectivity index (χ2v) is 7.67. The van der Waals surface area contributed by atoms with Crippen LogP contribution in [0.15, 0.2) is 24.3 Å². The number of likely N-dealkylation sites (tertiary alicyclic amines) is 1. The Morgan fingerprint density at radius 2 is 2.12 bits per heavy atom. The number of carbonyl (C=O) groups excluding carboxylic acids is 1. The maximum Gasteiger partial charge on any atom is 0.266 e. The summed E-state index contributed by atoms with van der Waals surface area (Å²) in [6.07, 6.45) is 0.892. The first-order chi connectivity index (χ1) is 11.4. The largest absolute Gasteiger partial charge is 0.478 e. The molecule has 5 nitrogen and oxygen atoms in total. The number of aryl methyl sites for hydroxylation is 1. The van der Waals surface area contributed by atoms with E-state index in [9.17, 15) is 9.90 Å². The quantitative estimate of drug-likeness (QED) is 0.916. The highest BCUT2D eigenvalue weighted by Gasteiger charge is 2.51. The van der Waals surface area contributed by atoms with Gasteiger partial charge in [-0.05, 0) is 45.2 Å². The first-order valence-electron chi connectivity index (χ1n) is 8.60. The lowest BCUT2D eigenvalue weighted by atomic mass is 9.76. The van der Waals surface area contributed by atoms with Crippen LogP contribution < -0.4 is 4.74 Å². The average Bonchev–Trinajstić information content (AvgIpc) is 2.96. The van der Waals surface area contributed by atoms with Crippen molar-refractivity contribution in [3.8, 4) is 5.75 Å². The highest BCUT2D eigenvalue weighted by Crippen LogP contribution is 2.41. The minimum Gasteiger partial charge on any atom is -0.478 e. The zero-order valence-electron chi connectivity index (χ0n) is 14.7. The van der Waals surface area contributed by atoms with E-state index in [2.05, 4.69) is 0 Å².